The van der Waals surface area contributed by atoms with Gasteiger partial charge in [-0.25, -0.2) is 0 Å². The molecule has 1 unspecified atom stereocenters. The lowest BCUT2D eigenvalue weighted by Crippen LogP contribution is -2.34. The van der Waals surface area contributed by atoms with Gasteiger partial charge in [0.2, 0.25) is 5.91 Å². The van der Waals surface area contributed by atoms with Crippen LogP contribution in [-0.2, 0) is 11.2 Å². The van der Waals surface area contributed by atoms with Gasteiger partial charge in [-0.3, -0.25) is 4.79 Å². The van der Waals surface area contributed by atoms with Crippen molar-refractivity contribution in [2.75, 3.05) is 13.1 Å². The number of carbonyl (C=O) groups is 1. The molecule has 0 saturated heterocycles. The molecule has 1 aromatic rings. The Balaban J connectivity index is 2.46. The summed E-state index contributed by atoms with van der Waals surface area (Å²) in [6.07, 6.45) is 1.27. The van der Waals surface area contributed by atoms with E-state index in [4.69, 9.17) is 5.26 Å². The van der Waals surface area contributed by atoms with Crippen molar-refractivity contribution in [2.24, 2.45) is 5.92 Å². The Hall–Kier alpha value is -1.82. The summed E-state index contributed by atoms with van der Waals surface area (Å²) < 4.78 is 0. The van der Waals surface area contributed by atoms with E-state index in [2.05, 4.69) is 6.07 Å². The Morgan fingerprint density at radius 2 is 2.06 bits per heavy atom. The number of benzene rings is 1. The van der Waals surface area contributed by atoms with Crippen LogP contribution in [0.1, 0.15) is 25.8 Å². The van der Waals surface area contributed by atoms with Gasteiger partial charge in [0.15, 0.2) is 0 Å². The zero-order chi connectivity index (χ0) is 13.4. The molecule has 0 heterocycles. The fraction of sp³-hybridized carbons (Fsp3) is 0.467. The lowest BCUT2D eigenvalue weighted by atomic mass is 10.1. The molecule has 0 aliphatic heterocycles. The van der Waals surface area contributed by atoms with E-state index >= 15 is 0 Å². The number of aryl methyl sites for hydroxylation is 1. The minimum atomic E-state index is -0.106. The van der Waals surface area contributed by atoms with Crippen molar-refractivity contribution in [3.63, 3.8) is 0 Å². The number of amides is 1. The maximum absolute atomic E-state index is 12.0. The maximum Gasteiger partial charge on any atom is 0.222 e. The summed E-state index contributed by atoms with van der Waals surface area (Å²) >= 11 is 0. The largest absolute Gasteiger partial charge is 0.342 e. The van der Waals surface area contributed by atoms with Crippen LogP contribution in [0.15, 0.2) is 30.3 Å². The standard InChI is InChI=1S/C15H20N2O/c1-3-17(12-13(2)11-16)15(18)10-9-14-7-5-4-6-8-14/h4-8,13H,3,9-10,12H2,1-2H3. The van der Waals surface area contributed by atoms with Gasteiger partial charge in [-0.15, -0.1) is 0 Å². The van der Waals surface area contributed by atoms with Gasteiger partial charge in [0.1, 0.15) is 0 Å². The Morgan fingerprint density at radius 1 is 1.39 bits per heavy atom. The monoisotopic (exact) mass is 244 g/mol. The van der Waals surface area contributed by atoms with Crippen LogP contribution in [0.2, 0.25) is 0 Å². The van der Waals surface area contributed by atoms with E-state index < -0.39 is 0 Å². The third-order valence-corrected chi connectivity index (χ3v) is 2.92. The van der Waals surface area contributed by atoms with E-state index in [0.717, 1.165) is 6.42 Å². The normalized spacial score (nSPS) is 11.6. The van der Waals surface area contributed by atoms with Crippen LogP contribution in [0.25, 0.3) is 0 Å². The highest BCUT2D eigenvalue weighted by molar-refractivity contribution is 5.76. The number of nitriles is 1. The van der Waals surface area contributed by atoms with Gasteiger partial charge in [-0.2, -0.15) is 5.26 Å². The summed E-state index contributed by atoms with van der Waals surface area (Å²) in [7, 11) is 0. The predicted molar refractivity (Wildman–Crippen MR) is 71.8 cm³/mol. The summed E-state index contributed by atoms with van der Waals surface area (Å²) in [6, 6.07) is 12.2. The van der Waals surface area contributed by atoms with Gasteiger partial charge >= 0.3 is 0 Å². The van der Waals surface area contributed by atoms with Gasteiger partial charge in [-0.1, -0.05) is 30.3 Å². The highest BCUT2D eigenvalue weighted by atomic mass is 16.2. The van der Waals surface area contributed by atoms with Crippen LogP contribution < -0.4 is 0 Å². The summed E-state index contributed by atoms with van der Waals surface area (Å²) in [6.45, 7) is 4.98. The summed E-state index contributed by atoms with van der Waals surface area (Å²) in [5.41, 5.74) is 1.18. The molecular weight excluding hydrogens is 224 g/mol. The molecule has 0 aliphatic carbocycles. The fourth-order valence-electron chi connectivity index (χ4n) is 1.83. The van der Waals surface area contributed by atoms with Crippen molar-refractivity contribution in [1.82, 2.24) is 4.90 Å². The first kappa shape index (κ1) is 14.2. The molecule has 0 fully saturated rings. The van der Waals surface area contributed by atoms with Crippen LogP contribution >= 0.6 is 0 Å². The number of hydrogen-bond donors (Lipinski definition) is 0. The second-order valence-electron chi connectivity index (χ2n) is 4.45. The molecule has 1 amide bonds. The van der Waals surface area contributed by atoms with E-state index in [0.29, 0.717) is 19.5 Å². The second-order valence-corrected chi connectivity index (χ2v) is 4.45. The van der Waals surface area contributed by atoms with E-state index in [1.807, 2.05) is 44.2 Å². The minimum Gasteiger partial charge on any atom is -0.342 e. The Kier molecular flexibility index (Phi) is 5.93. The van der Waals surface area contributed by atoms with E-state index in [9.17, 15) is 4.79 Å². The molecule has 1 atom stereocenters. The zero-order valence-corrected chi connectivity index (χ0v) is 11.1. The van der Waals surface area contributed by atoms with Crippen molar-refractivity contribution >= 4 is 5.91 Å². The zero-order valence-electron chi connectivity index (χ0n) is 11.1. The van der Waals surface area contributed by atoms with E-state index in [1.54, 1.807) is 4.90 Å². The van der Waals surface area contributed by atoms with Crippen molar-refractivity contribution in [1.29, 1.82) is 5.26 Å². The van der Waals surface area contributed by atoms with Crippen LogP contribution in [0.4, 0.5) is 0 Å². The first-order valence-corrected chi connectivity index (χ1v) is 6.38. The van der Waals surface area contributed by atoms with Crippen LogP contribution in [0.5, 0.6) is 0 Å². The Bertz CT molecular complexity index is 408. The van der Waals surface area contributed by atoms with E-state index in [1.165, 1.54) is 5.56 Å². The van der Waals surface area contributed by atoms with Gasteiger partial charge in [-0.05, 0) is 25.8 Å². The average molecular weight is 244 g/mol. The number of rotatable bonds is 6. The number of carbonyl (C=O) groups excluding carboxylic acids is 1. The van der Waals surface area contributed by atoms with Crippen LogP contribution in [0.3, 0.4) is 0 Å². The average Bonchev–Trinajstić information content (AvgIpc) is 2.42. The smallest absolute Gasteiger partial charge is 0.222 e. The van der Waals surface area contributed by atoms with Crippen LogP contribution in [0, 0.1) is 17.2 Å². The molecule has 0 N–H and O–H groups in total. The van der Waals surface area contributed by atoms with Crippen molar-refractivity contribution in [3.05, 3.63) is 35.9 Å². The second kappa shape index (κ2) is 7.50. The predicted octanol–water partition coefficient (Wildman–Crippen LogP) is 2.63. The lowest BCUT2D eigenvalue weighted by molar-refractivity contribution is -0.131. The molecule has 3 heteroatoms. The molecule has 1 rings (SSSR count). The molecule has 96 valence electrons. The summed E-state index contributed by atoms with van der Waals surface area (Å²) in [5.74, 6) is 0.0223. The number of hydrogen-bond acceptors (Lipinski definition) is 2. The first-order valence-electron chi connectivity index (χ1n) is 6.38. The first-order chi connectivity index (χ1) is 8.67. The molecule has 0 bridgehead atoms. The van der Waals surface area contributed by atoms with Crippen molar-refractivity contribution in [3.8, 4) is 6.07 Å². The molecule has 3 nitrogen and oxygen atoms in total. The van der Waals surface area contributed by atoms with Crippen molar-refractivity contribution in [2.45, 2.75) is 26.7 Å². The molecule has 0 aliphatic rings. The maximum atomic E-state index is 12.0. The topological polar surface area (TPSA) is 44.1 Å². The molecule has 0 saturated carbocycles. The van der Waals surface area contributed by atoms with Gasteiger partial charge in [0.25, 0.3) is 0 Å². The molecular formula is C15H20N2O. The van der Waals surface area contributed by atoms with Gasteiger partial charge < -0.3 is 4.90 Å². The van der Waals surface area contributed by atoms with Crippen molar-refractivity contribution < 1.29 is 4.79 Å². The Morgan fingerprint density at radius 3 is 2.61 bits per heavy atom. The highest BCUT2D eigenvalue weighted by Gasteiger charge is 2.14. The minimum absolute atomic E-state index is 0.106. The molecule has 1 aromatic carbocycles. The third kappa shape index (κ3) is 4.58. The SMILES string of the molecule is CCN(CC(C)C#N)C(=O)CCc1ccccc1. The molecule has 0 radical (unpaired) electrons. The van der Waals surface area contributed by atoms with Gasteiger partial charge in [0.05, 0.1) is 12.0 Å². The van der Waals surface area contributed by atoms with Crippen LogP contribution in [-0.4, -0.2) is 23.9 Å². The van der Waals surface area contributed by atoms with E-state index in [-0.39, 0.29) is 11.8 Å². The Labute approximate surface area is 109 Å². The van der Waals surface area contributed by atoms with Gasteiger partial charge in [0, 0.05) is 19.5 Å². The third-order valence-electron chi connectivity index (χ3n) is 2.92. The highest BCUT2D eigenvalue weighted by Crippen LogP contribution is 2.06. The fourth-order valence-corrected chi connectivity index (χ4v) is 1.83. The summed E-state index contributed by atoms with van der Waals surface area (Å²) in [4.78, 5) is 13.8. The lowest BCUT2D eigenvalue weighted by Gasteiger charge is -2.22. The molecule has 18 heavy (non-hydrogen) atoms. The quantitative estimate of drug-likeness (QED) is 0.772. The molecule has 0 aromatic heterocycles. The molecule has 0 spiro atoms. The summed E-state index contributed by atoms with van der Waals surface area (Å²) in [5, 5.41) is 8.78. The number of nitrogens with zero attached hydrogens (tertiary/aromatic N) is 2.